The minimum Gasteiger partial charge on any atom is -0.335 e. The Hall–Kier alpha value is -0.870. The van der Waals surface area contributed by atoms with Crippen molar-refractivity contribution in [1.82, 2.24) is 15.0 Å². The van der Waals surface area contributed by atoms with Gasteiger partial charge in [-0.25, -0.2) is 4.98 Å². The molecule has 0 aromatic carbocycles. The van der Waals surface area contributed by atoms with Crippen molar-refractivity contribution in [2.24, 2.45) is 17.7 Å². The maximum absolute atomic E-state index is 5.82. The minimum atomic E-state index is 0.366. The van der Waals surface area contributed by atoms with E-state index < -0.39 is 0 Å². The van der Waals surface area contributed by atoms with Crippen molar-refractivity contribution in [2.75, 3.05) is 0 Å². The first kappa shape index (κ1) is 15.5. The molecule has 1 saturated carbocycles. The molecule has 1 fully saturated rings. The average Bonchev–Trinajstić information content (AvgIpc) is 2.92. The van der Waals surface area contributed by atoms with Gasteiger partial charge in [-0.3, -0.25) is 11.3 Å². The molecule has 1 atom stereocenters. The van der Waals surface area contributed by atoms with Gasteiger partial charge in [-0.15, -0.1) is 0 Å². The van der Waals surface area contributed by atoms with E-state index in [2.05, 4.69) is 35.0 Å². The number of hydrazine groups is 1. The zero-order chi connectivity index (χ0) is 14.4. The number of hydrogen-bond donors (Lipinski definition) is 2. The number of nitrogens with one attached hydrogen (secondary N) is 1. The van der Waals surface area contributed by atoms with Gasteiger partial charge in [-0.05, 0) is 31.1 Å². The summed E-state index contributed by atoms with van der Waals surface area (Å²) in [4.78, 5) is 4.52. The van der Waals surface area contributed by atoms with Crippen molar-refractivity contribution < 1.29 is 0 Å². The molecule has 1 aliphatic carbocycles. The van der Waals surface area contributed by atoms with E-state index in [9.17, 15) is 0 Å². The average molecular weight is 278 g/mol. The molecule has 0 aliphatic heterocycles. The van der Waals surface area contributed by atoms with Gasteiger partial charge in [0, 0.05) is 31.4 Å². The van der Waals surface area contributed by atoms with Crippen LogP contribution < -0.4 is 11.3 Å². The molecule has 0 spiro atoms. The van der Waals surface area contributed by atoms with E-state index in [1.54, 1.807) is 0 Å². The lowest BCUT2D eigenvalue weighted by Crippen LogP contribution is -2.44. The summed E-state index contributed by atoms with van der Waals surface area (Å²) < 4.78 is 2.27. The van der Waals surface area contributed by atoms with Crippen LogP contribution in [0.1, 0.15) is 58.2 Å². The quantitative estimate of drug-likeness (QED) is 0.595. The van der Waals surface area contributed by atoms with Crippen LogP contribution in [0.15, 0.2) is 12.4 Å². The maximum atomic E-state index is 5.82. The van der Waals surface area contributed by atoms with Crippen LogP contribution in [0.25, 0.3) is 0 Å². The monoisotopic (exact) mass is 278 g/mol. The van der Waals surface area contributed by atoms with Crippen molar-refractivity contribution in [3.63, 3.8) is 0 Å². The Labute approximate surface area is 123 Å². The second kappa shape index (κ2) is 7.79. The molecule has 0 amide bonds. The highest BCUT2D eigenvalue weighted by Gasteiger charge is 2.27. The highest BCUT2D eigenvalue weighted by Crippen LogP contribution is 2.33. The lowest BCUT2D eigenvalue weighted by molar-refractivity contribution is 0.215. The summed E-state index contributed by atoms with van der Waals surface area (Å²) in [6, 6.07) is 0.366. The molecule has 1 unspecified atom stereocenters. The first-order valence-electron chi connectivity index (χ1n) is 8.24. The van der Waals surface area contributed by atoms with Crippen LogP contribution >= 0.6 is 0 Å². The SMILES string of the molecule is CCCn1ccnc1CC(NN)C1CCC(CC)CC1. The van der Waals surface area contributed by atoms with Gasteiger partial charge >= 0.3 is 0 Å². The zero-order valence-electron chi connectivity index (χ0n) is 13.0. The van der Waals surface area contributed by atoms with Gasteiger partial charge in [-0.2, -0.15) is 0 Å². The predicted octanol–water partition coefficient (Wildman–Crippen LogP) is 2.88. The topological polar surface area (TPSA) is 55.9 Å². The van der Waals surface area contributed by atoms with E-state index in [1.807, 2.05) is 6.20 Å². The lowest BCUT2D eigenvalue weighted by atomic mass is 9.77. The number of aryl methyl sites for hydroxylation is 1. The Morgan fingerprint density at radius 3 is 2.70 bits per heavy atom. The van der Waals surface area contributed by atoms with Crippen LogP contribution in [0.3, 0.4) is 0 Å². The Kier molecular flexibility index (Phi) is 6.05. The van der Waals surface area contributed by atoms with Crippen molar-refractivity contribution in [3.05, 3.63) is 18.2 Å². The summed E-state index contributed by atoms with van der Waals surface area (Å²) in [5.74, 6) is 8.64. The van der Waals surface area contributed by atoms with Crippen molar-refractivity contribution >= 4 is 0 Å². The molecule has 3 N–H and O–H groups in total. The normalized spacial score (nSPS) is 24.8. The Balaban J connectivity index is 1.93. The van der Waals surface area contributed by atoms with Gasteiger partial charge in [0.1, 0.15) is 5.82 Å². The zero-order valence-corrected chi connectivity index (χ0v) is 13.0. The van der Waals surface area contributed by atoms with Crippen molar-refractivity contribution in [1.29, 1.82) is 0 Å². The highest BCUT2D eigenvalue weighted by atomic mass is 15.2. The molecule has 0 radical (unpaired) electrons. The van der Waals surface area contributed by atoms with E-state index >= 15 is 0 Å². The fourth-order valence-electron chi connectivity index (χ4n) is 3.53. The van der Waals surface area contributed by atoms with Crippen LogP contribution in [-0.2, 0) is 13.0 Å². The molecule has 114 valence electrons. The molecule has 20 heavy (non-hydrogen) atoms. The molecule has 1 heterocycles. The van der Waals surface area contributed by atoms with Gasteiger partial charge < -0.3 is 4.57 Å². The smallest absolute Gasteiger partial charge is 0.110 e. The van der Waals surface area contributed by atoms with E-state index in [-0.39, 0.29) is 0 Å². The summed E-state index contributed by atoms with van der Waals surface area (Å²) in [5.41, 5.74) is 3.06. The molecule has 4 heteroatoms. The number of hydrogen-bond acceptors (Lipinski definition) is 3. The molecule has 4 nitrogen and oxygen atoms in total. The first-order valence-corrected chi connectivity index (χ1v) is 8.24. The summed E-state index contributed by atoms with van der Waals surface area (Å²) in [6.45, 7) is 5.56. The largest absolute Gasteiger partial charge is 0.335 e. The third-order valence-corrected chi connectivity index (χ3v) is 4.92. The number of aromatic nitrogens is 2. The number of imidazole rings is 1. The van der Waals surface area contributed by atoms with Gasteiger partial charge in [0.25, 0.3) is 0 Å². The molecule has 1 aromatic heterocycles. The fourth-order valence-corrected chi connectivity index (χ4v) is 3.53. The van der Waals surface area contributed by atoms with Crippen LogP contribution in [0.5, 0.6) is 0 Å². The first-order chi connectivity index (χ1) is 9.78. The number of nitrogens with zero attached hydrogens (tertiary/aromatic N) is 2. The molecule has 1 aliphatic rings. The van der Waals surface area contributed by atoms with E-state index in [0.717, 1.165) is 25.3 Å². The van der Waals surface area contributed by atoms with E-state index in [4.69, 9.17) is 5.84 Å². The molecule has 0 bridgehead atoms. The molecular formula is C16H30N4. The van der Waals surface area contributed by atoms with Gasteiger partial charge in [0.05, 0.1) is 0 Å². The van der Waals surface area contributed by atoms with Crippen LogP contribution in [-0.4, -0.2) is 15.6 Å². The van der Waals surface area contributed by atoms with Crippen LogP contribution in [0.2, 0.25) is 0 Å². The third-order valence-electron chi connectivity index (χ3n) is 4.92. The maximum Gasteiger partial charge on any atom is 0.110 e. The van der Waals surface area contributed by atoms with E-state index in [0.29, 0.717) is 12.0 Å². The Bertz CT molecular complexity index is 380. The summed E-state index contributed by atoms with van der Waals surface area (Å²) in [6.07, 6.45) is 12.8. The van der Waals surface area contributed by atoms with Crippen LogP contribution in [0, 0.1) is 11.8 Å². The molecule has 2 rings (SSSR count). The number of rotatable bonds is 7. The Morgan fingerprint density at radius 1 is 1.35 bits per heavy atom. The van der Waals surface area contributed by atoms with Gasteiger partial charge in [0.15, 0.2) is 0 Å². The van der Waals surface area contributed by atoms with Gasteiger partial charge in [-0.1, -0.05) is 33.1 Å². The van der Waals surface area contributed by atoms with Crippen molar-refractivity contribution in [2.45, 2.75) is 71.4 Å². The number of nitrogens with two attached hydrogens (primary N) is 1. The summed E-state index contributed by atoms with van der Waals surface area (Å²) >= 11 is 0. The predicted molar refractivity (Wildman–Crippen MR) is 83.1 cm³/mol. The summed E-state index contributed by atoms with van der Waals surface area (Å²) in [7, 11) is 0. The third kappa shape index (κ3) is 3.83. The standard InChI is InChI=1S/C16H30N4/c1-3-10-20-11-9-18-16(20)12-15(19-17)14-7-5-13(4-2)6-8-14/h9,11,13-15,19H,3-8,10,12,17H2,1-2H3. The minimum absolute atomic E-state index is 0.366. The summed E-state index contributed by atoms with van der Waals surface area (Å²) in [5, 5.41) is 0. The molecule has 0 saturated heterocycles. The fraction of sp³-hybridized carbons (Fsp3) is 0.812. The highest BCUT2D eigenvalue weighted by molar-refractivity contribution is 4.97. The Morgan fingerprint density at radius 2 is 2.10 bits per heavy atom. The van der Waals surface area contributed by atoms with Crippen LogP contribution in [0.4, 0.5) is 0 Å². The van der Waals surface area contributed by atoms with Crippen molar-refractivity contribution in [3.8, 4) is 0 Å². The molecule has 1 aromatic rings. The lowest BCUT2D eigenvalue weighted by Gasteiger charge is -2.33. The van der Waals surface area contributed by atoms with E-state index in [1.165, 1.54) is 37.9 Å². The van der Waals surface area contributed by atoms with Gasteiger partial charge in [0.2, 0.25) is 0 Å². The second-order valence-corrected chi connectivity index (χ2v) is 6.20. The second-order valence-electron chi connectivity index (χ2n) is 6.20. The molecular weight excluding hydrogens is 248 g/mol.